The molecule has 0 aromatic heterocycles. The van der Waals surface area contributed by atoms with Gasteiger partial charge in [0, 0.05) is 0 Å². The average molecular weight is 101 g/mol. The zero-order valence-electron chi connectivity index (χ0n) is 4.92. The number of rotatable bonds is 0. The number of fused-ring (bicyclic) bond motifs is 1. The maximum absolute atomic E-state index is 9.05. The molecule has 3 atom stereocenters. The quantitative estimate of drug-likeness (QED) is 0.432. The Bertz CT molecular complexity index is 124. The standard InChI is InChI=1S/C5H8O2/c6-3-1-2-4-5(3)7-4/h3-6H,1-2H2/t3-,4+,5-/m1/s1/i3D. The molecular weight excluding hydrogens is 92.1 g/mol. The maximum Gasteiger partial charge on any atom is 0.110 e. The molecule has 2 nitrogen and oxygen atoms in total. The Morgan fingerprint density at radius 2 is 2.57 bits per heavy atom. The summed E-state index contributed by atoms with van der Waals surface area (Å²) in [5.74, 6) is 0. The van der Waals surface area contributed by atoms with Crippen LogP contribution in [0.1, 0.15) is 14.2 Å². The van der Waals surface area contributed by atoms with E-state index in [9.17, 15) is 0 Å². The van der Waals surface area contributed by atoms with Crippen LogP contribution in [0.3, 0.4) is 0 Å². The molecule has 1 saturated carbocycles. The summed E-state index contributed by atoms with van der Waals surface area (Å²) in [4.78, 5) is 0. The number of epoxide rings is 1. The Morgan fingerprint density at radius 1 is 1.71 bits per heavy atom. The zero-order chi connectivity index (χ0) is 5.78. The zero-order valence-corrected chi connectivity index (χ0v) is 3.92. The fourth-order valence-corrected chi connectivity index (χ4v) is 1.09. The Kier molecular flexibility index (Phi) is 0.439. The molecule has 0 unspecified atom stereocenters. The summed E-state index contributed by atoms with van der Waals surface area (Å²) in [5, 5.41) is 9.05. The maximum atomic E-state index is 9.05. The highest BCUT2D eigenvalue weighted by molar-refractivity contribution is 4.97. The van der Waals surface area contributed by atoms with Crippen molar-refractivity contribution in [3.05, 3.63) is 0 Å². The molecular formula is C5H8O2. The van der Waals surface area contributed by atoms with Crippen LogP contribution in [0.5, 0.6) is 0 Å². The van der Waals surface area contributed by atoms with E-state index >= 15 is 0 Å². The van der Waals surface area contributed by atoms with Gasteiger partial charge < -0.3 is 9.84 Å². The second-order valence-corrected chi connectivity index (χ2v) is 2.13. The molecule has 2 heteroatoms. The molecule has 0 bridgehead atoms. The summed E-state index contributed by atoms with van der Waals surface area (Å²) in [5.41, 5.74) is 0. The molecule has 0 spiro atoms. The summed E-state index contributed by atoms with van der Waals surface area (Å²) in [6.45, 7) is 0. The van der Waals surface area contributed by atoms with Crippen molar-refractivity contribution in [2.75, 3.05) is 0 Å². The van der Waals surface area contributed by atoms with Gasteiger partial charge in [-0.15, -0.1) is 0 Å². The first-order valence-corrected chi connectivity index (χ1v) is 2.58. The molecule has 7 heavy (non-hydrogen) atoms. The van der Waals surface area contributed by atoms with E-state index in [4.69, 9.17) is 11.2 Å². The van der Waals surface area contributed by atoms with Crippen molar-refractivity contribution < 1.29 is 11.2 Å². The van der Waals surface area contributed by atoms with Crippen LogP contribution in [0.15, 0.2) is 0 Å². The predicted molar refractivity (Wildman–Crippen MR) is 23.9 cm³/mol. The highest BCUT2D eigenvalue weighted by Crippen LogP contribution is 2.38. The highest BCUT2D eigenvalue weighted by atomic mass is 16.6. The van der Waals surface area contributed by atoms with Gasteiger partial charge in [-0.05, 0) is 12.8 Å². The van der Waals surface area contributed by atoms with Crippen LogP contribution < -0.4 is 0 Å². The van der Waals surface area contributed by atoms with Crippen molar-refractivity contribution in [3.8, 4) is 0 Å². The summed E-state index contributed by atoms with van der Waals surface area (Å²) in [6.07, 6.45) is 0.275. The lowest BCUT2D eigenvalue weighted by molar-refractivity contribution is 0.119. The Morgan fingerprint density at radius 3 is 2.71 bits per heavy atom. The molecule has 1 aliphatic carbocycles. The van der Waals surface area contributed by atoms with Gasteiger partial charge in [-0.25, -0.2) is 0 Å². The third-order valence-electron chi connectivity index (χ3n) is 1.60. The Hall–Kier alpha value is -0.0800. The minimum absolute atomic E-state index is 0.150. The molecule has 2 rings (SSSR count). The van der Waals surface area contributed by atoms with Crippen LogP contribution in [-0.2, 0) is 4.74 Å². The fourth-order valence-electron chi connectivity index (χ4n) is 1.09. The number of hydrogen-bond donors (Lipinski definition) is 1. The first-order valence-electron chi connectivity index (χ1n) is 3.08. The highest BCUT2D eigenvalue weighted by Gasteiger charge is 2.49. The molecule has 1 aliphatic heterocycles. The topological polar surface area (TPSA) is 32.8 Å². The van der Waals surface area contributed by atoms with Crippen molar-refractivity contribution >= 4 is 0 Å². The lowest BCUT2D eigenvalue weighted by Crippen LogP contribution is -2.08. The third-order valence-corrected chi connectivity index (χ3v) is 1.60. The van der Waals surface area contributed by atoms with Gasteiger partial charge in [0.15, 0.2) is 0 Å². The van der Waals surface area contributed by atoms with Crippen LogP contribution in [-0.4, -0.2) is 23.4 Å². The second-order valence-electron chi connectivity index (χ2n) is 2.13. The molecule has 2 fully saturated rings. The van der Waals surface area contributed by atoms with Gasteiger partial charge >= 0.3 is 0 Å². The molecule has 2 aliphatic rings. The van der Waals surface area contributed by atoms with Crippen LogP contribution in [0.4, 0.5) is 0 Å². The largest absolute Gasteiger partial charge is 0.390 e. The number of aliphatic hydroxyl groups is 1. The Labute approximate surface area is 43.5 Å². The van der Waals surface area contributed by atoms with E-state index in [0.29, 0.717) is 6.42 Å². The fraction of sp³-hybridized carbons (Fsp3) is 1.00. The number of hydrogen-bond acceptors (Lipinski definition) is 2. The smallest absolute Gasteiger partial charge is 0.110 e. The lowest BCUT2D eigenvalue weighted by Gasteiger charge is -1.96. The van der Waals surface area contributed by atoms with E-state index in [0.717, 1.165) is 6.42 Å². The van der Waals surface area contributed by atoms with Gasteiger partial charge in [0.05, 0.1) is 13.6 Å². The number of ether oxygens (including phenoxy) is 1. The van der Waals surface area contributed by atoms with Crippen molar-refractivity contribution in [3.63, 3.8) is 0 Å². The minimum Gasteiger partial charge on any atom is -0.390 e. The summed E-state index contributed by atoms with van der Waals surface area (Å²) >= 11 is 0. The monoisotopic (exact) mass is 101 g/mol. The molecule has 1 heterocycles. The van der Waals surface area contributed by atoms with Crippen molar-refractivity contribution in [1.82, 2.24) is 0 Å². The molecule has 40 valence electrons. The van der Waals surface area contributed by atoms with Gasteiger partial charge in [-0.1, -0.05) is 0 Å². The summed E-state index contributed by atoms with van der Waals surface area (Å²) < 4.78 is 12.1. The molecule has 0 aromatic rings. The molecule has 1 N–H and O–H groups in total. The summed E-state index contributed by atoms with van der Waals surface area (Å²) in [6, 6.07) is 0. The van der Waals surface area contributed by atoms with Crippen LogP contribution in [0.2, 0.25) is 0 Å². The van der Waals surface area contributed by atoms with E-state index in [1.165, 1.54) is 0 Å². The van der Waals surface area contributed by atoms with E-state index in [2.05, 4.69) is 0 Å². The lowest BCUT2D eigenvalue weighted by atomic mass is 10.3. The van der Waals surface area contributed by atoms with Crippen LogP contribution in [0, 0.1) is 0 Å². The third kappa shape index (κ3) is 0.409. The first-order chi connectivity index (χ1) is 3.70. The van der Waals surface area contributed by atoms with E-state index in [-0.39, 0.29) is 12.2 Å². The van der Waals surface area contributed by atoms with Crippen LogP contribution >= 0.6 is 0 Å². The van der Waals surface area contributed by atoms with Crippen molar-refractivity contribution in [2.45, 2.75) is 31.1 Å². The SMILES string of the molecule is [2H][C@@]1(O)CC[C@@H]2O[C@@H]21. The predicted octanol–water partition coefficient (Wildman–Crippen LogP) is -0.0915. The summed E-state index contributed by atoms with van der Waals surface area (Å²) in [7, 11) is 0. The van der Waals surface area contributed by atoms with Crippen LogP contribution in [0.25, 0.3) is 0 Å². The molecule has 0 aromatic carbocycles. The Balaban J connectivity index is 2.17. The average Bonchev–Trinajstić information content (AvgIpc) is 2.34. The minimum atomic E-state index is -1.25. The molecule has 0 amide bonds. The normalized spacial score (nSPS) is 69.6. The van der Waals surface area contributed by atoms with Gasteiger partial charge in [0.25, 0.3) is 0 Å². The van der Waals surface area contributed by atoms with Crippen molar-refractivity contribution in [1.29, 1.82) is 0 Å². The van der Waals surface area contributed by atoms with Gasteiger partial charge in [-0.2, -0.15) is 0 Å². The van der Waals surface area contributed by atoms with Gasteiger partial charge in [0.1, 0.15) is 6.10 Å². The van der Waals surface area contributed by atoms with E-state index < -0.39 is 6.08 Å². The van der Waals surface area contributed by atoms with Gasteiger partial charge in [-0.3, -0.25) is 0 Å². The van der Waals surface area contributed by atoms with Gasteiger partial charge in [0.2, 0.25) is 0 Å². The molecule has 1 saturated heterocycles. The molecule has 0 radical (unpaired) electrons. The van der Waals surface area contributed by atoms with E-state index in [1.807, 2.05) is 0 Å². The first kappa shape index (κ1) is 3.05. The second kappa shape index (κ2) is 1.01. The van der Waals surface area contributed by atoms with E-state index in [1.54, 1.807) is 0 Å². The van der Waals surface area contributed by atoms with Crippen molar-refractivity contribution in [2.24, 2.45) is 0 Å².